The minimum atomic E-state index is -4.32. The van der Waals surface area contributed by atoms with Crippen molar-refractivity contribution in [3.8, 4) is 0 Å². The summed E-state index contributed by atoms with van der Waals surface area (Å²) in [6, 6.07) is -1.17. The fourth-order valence-electron chi connectivity index (χ4n) is 1.72. The molecular weight excluding hydrogens is 301 g/mol. The third kappa shape index (κ3) is 6.33. The zero-order valence-electron chi connectivity index (χ0n) is 10.5. The monoisotopic (exact) mass is 316 g/mol. The van der Waals surface area contributed by atoms with E-state index >= 15 is 0 Å². The van der Waals surface area contributed by atoms with Crippen molar-refractivity contribution in [3.05, 3.63) is 0 Å². The first-order valence-electron chi connectivity index (χ1n) is 5.84. The quantitative estimate of drug-likeness (QED) is 0.743. The van der Waals surface area contributed by atoms with Crippen LogP contribution in [0.2, 0.25) is 0 Å². The highest BCUT2D eigenvalue weighted by Gasteiger charge is 2.30. The normalized spacial score (nSPS) is 19.8. The fraction of sp³-hybridized carbons (Fsp3) is 0.800. The van der Waals surface area contributed by atoms with Crippen molar-refractivity contribution in [2.24, 2.45) is 0 Å². The second kappa shape index (κ2) is 7.58. The van der Waals surface area contributed by atoms with Gasteiger partial charge in [-0.05, 0) is 11.8 Å². The van der Waals surface area contributed by atoms with E-state index in [9.17, 15) is 22.8 Å². The summed E-state index contributed by atoms with van der Waals surface area (Å²) in [7, 11) is 0. The third-order valence-corrected chi connectivity index (χ3v) is 3.28. The predicted octanol–water partition coefficient (Wildman–Crippen LogP) is 1.12. The number of amides is 2. The maximum absolute atomic E-state index is 11.9. The number of alkyl halides is 3. The molecule has 0 spiro atoms. The summed E-state index contributed by atoms with van der Waals surface area (Å²) in [6.07, 6.45) is -0.259. The maximum Gasteiger partial charge on any atom is 0.441 e. The molecule has 0 aromatic rings. The molecule has 0 radical (unpaired) electrons. The molecule has 0 bridgehead atoms. The van der Waals surface area contributed by atoms with Crippen molar-refractivity contribution < 1.29 is 32.6 Å². The number of thioether (sulfide) groups is 1. The molecule has 10 heteroatoms. The zero-order chi connectivity index (χ0) is 15.2. The Morgan fingerprint density at radius 3 is 2.75 bits per heavy atom. The van der Waals surface area contributed by atoms with Crippen LogP contribution in [0.1, 0.15) is 6.42 Å². The molecule has 116 valence electrons. The van der Waals surface area contributed by atoms with Crippen LogP contribution >= 0.6 is 11.8 Å². The number of carbonyl (C=O) groups excluding carboxylic acids is 1. The van der Waals surface area contributed by atoms with Gasteiger partial charge >= 0.3 is 17.5 Å². The predicted molar refractivity (Wildman–Crippen MR) is 65.5 cm³/mol. The number of ether oxygens (including phenoxy) is 1. The van der Waals surface area contributed by atoms with Crippen LogP contribution in [0.3, 0.4) is 0 Å². The minimum absolute atomic E-state index is 0.108. The van der Waals surface area contributed by atoms with Gasteiger partial charge in [0.15, 0.2) is 0 Å². The van der Waals surface area contributed by atoms with Crippen LogP contribution in [0.5, 0.6) is 0 Å². The molecular formula is C10H15F3N2O4S. The van der Waals surface area contributed by atoms with Gasteiger partial charge in [-0.15, -0.1) is 0 Å². The molecule has 1 rings (SSSR count). The molecule has 20 heavy (non-hydrogen) atoms. The molecule has 1 aliphatic rings. The second-order valence-electron chi connectivity index (χ2n) is 4.05. The zero-order valence-corrected chi connectivity index (χ0v) is 11.3. The van der Waals surface area contributed by atoms with Gasteiger partial charge in [-0.25, -0.2) is 4.79 Å². The summed E-state index contributed by atoms with van der Waals surface area (Å²) in [6.45, 7) is 0.466. The van der Waals surface area contributed by atoms with E-state index in [0.717, 1.165) is 0 Å². The fourth-order valence-corrected chi connectivity index (χ4v) is 2.15. The van der Waals surface area contributed by atoms with Crippen molar-refractivity contribution >= 4 is 23.8 Å². The summed E-state index contributed by atoms with van der Waals surface area (Å²) in [5.74, 6) is -1.35. The van der Waals surface area contributed by atoms with Crippen molar-refractivity contribution in [2.75, 3.05) is 32.1 Å². The van der Waals surface area contributed by atoms with Crippen LogP contribution in [0.25, 0.3) is 0 Å². The molecule has 1 heterocycles. The number of aliphatic carboxylic acids is 1. The molecule has 0 aliphatic carbocycles. The average Bonchev–Trinajstić information content (AvgIpc) is 2.33. The van der Waals surface area contributed by atoms with E-state index in [2.05, 4.69) is 5.32 Å². The highest BCUT2D eigenvalue weighted by molar-refractivity contribution is 8.00. The van der Waals surface area contributed by atoms with Gasteiger partial charge in [0.05, 0.1) is 25.7 Å². The van der Waals surface area contributed by atoms with Crippen LogP contribution in [0, 0.1) is 0 Å². The van der Waals surface area contributed by atoms with Crippen molar-refractivity contribution in [1.29, 1.82) is 0 Å². The topological polar surface area (TPSA) is 78.9 Å². The number of morpholine rings is 1. The van der Waals surface area contributed by atoms with E-state index in [4.69, 9.17) is 9.84 Å². The molecule has 1 saturated heterocycles. The lowest BCUT2D eigenvalue weighted by Gasteiger charge is -2.34. The number of carboxylic acid groups (broad SMARTS) is 1. The molecule has 1 atom stereocenters. The Morgan fingerprint density at radius 2 is 2.15 bits per heavy atom. The summed E-state index contributed by atoms with van der Waals surface area (Å²) in [4.78, 5) is 23.7. The van der Waals surface area contributed by atoms with Crippen LogP contribution in [0.4, 0.5) is 18.0 Å². The molecule has 1 unspecified atom stereocenters. The van der Waals surface area contributed by atoms with Gasteiger partial charge in [-0.2, -0.15) is 13.2 Å². The number of nitrogens with one attached hydrogen (secondary N) is 1. The number of nitrogens with zero attached hydrogens (tertiary/aromatic N) is 1. The molecule has 2 N–H and O–H groups in total. The maximum atomic E-state index is 11.9. The summed E-state index contributed by atoms with van der Waals surface area (Å²) >= 11 is -0.218. The molecule has 0 aromatic carbocycles. The molecule has 1 aliphatic heterocycles. The Bertz CT molecular complexity index is 354. The Morgan fingerprint density at radius 1 is 1.45 bits per heavy atom. The van der Waals surface area contributed by atoms with Crippen molar-refractivity contribution in [2.45, 2.75) is 18.0 Å². The molecule has 2 amide bonds. The van der Waals surface area contributed by atoms with Crippen LogP contribution in [0.15, 0.2) is 0 Å². The highest BCUT2D eigenvalue weighted by atomic mass is 32.2. The highest BCUT2D eigenvalue weighted by Crippen LogP contribution is 2.29. The Labute approximate surface area is 117 Å². The lowest BCUT2D eigenvalue weighted by Crippen LogP contribution is -2.53. The van der Waals surface area contributed by atoms with Crippen molar-refractivity contribution in [1.82, 2.24) is 10.2 Å². The Hall–Kier alpha value is -1.16. The number of hydrogen-bond donors (Lipinski definition) is 2. The van der Waals surface area contributed by atoms with Gasteiger partial charge in [-0.3, -0.25) is 4.79 Å². The standard InChI is InChI=1S/C10H15F3N2O4S/c11-10(12,13)20-4-1-14-9(18)15-2-3-19-6-7(15)5-8(16)17/h7H,1-6H2,(H,14,18)(H,16,17). The van der Waals surface area contributed by atoms with Crippen molar-refractivity contribution in [3.63, 3.8) is 0 Å². The van der Waals surface area contributed by atoms with Gasteiger partial charge in [0, 0.05) is 18.8 Å². The first-order chi connectivity index (χ1) is 9.29. The van der Waals surface area contributed by atoms with E-state index in [1.54, 1.807) is 0 Å². The van der Waals surface area contributed by atoms with Crippen LogP contribution in [-0.2, 0) is 9.53 Å². The van der Waals surface area contributed by atoms with Gasteiger partial charge in [0.2, 0.25) is 0 Å². The number of urea groups is 1. The summed E-state index contributed by atoms with van der Waals surface area (Å²) in [5, 5.41) is 11.1. The first kappa shape index (κ1) is 16.9. The summed E-state index contributed by atoms with van der Waals surface area (Å²) in [5.41, 5.74) is -4.32. The first-order valence-corrected chi connectivity index (χ1v) is 6.83. The third-order valence-electron chi connectivity index (χ3n) is 2.54. The molecule has 0 aromatic heterocycles. The van der Waals surface area contributed by atoms with E-state index in [1.807, 2.05) is 0 Å². The molecule has 1 fully saturated rings. The number of rotatable bonds is 5. The van der Waals surface area contributed by atoms with Gasteiger partial charge in [0.1, 0.15) is 0 Å². The van der Waals surface area contributed by atoms with Gasteiger partial charge < -0.3 is 20.1 Å². The second-order valence-corrected chi connectivity index (χ2v) is 5.21. The van der Waals surface area contributed by atoms with E-state index < -0.39 is 23.6 Å². The Balaban J connectivity index is 2.37. The Kier molecular flexibility index (Phi) is 6.40. The van der Waals surface area contributed by atoms with Gasteiger partial charge in [0.25, 0.3) is 0 Å². The van der Waals surface area contributed by atoms with E-state index in [0.29, 0.717) is 0 Å². The lowest BCUT2D eigenvalue weighted by molar-refractivity contribution is -0.139. The van der Waals surface area contributed by atoms with E-state index in [-0.39, 0.29) is 50.2 Å². The number of carboxylic acids is 1. The minimum Gasteiger partial charge on any atom is -0.481 e. The number of halogens is 3. The van der Waals surface area contributed by atoms with Gasteiger partial charge in [-0.1, -0.05) is 0 Å². The average molecular weight is 316 g/mol. The molecule has 0 saturated carbocycles. The largest absolute Gasteiger partial charge is 0.481 e. The lowest BCUT2D eigenvalue weighted by atomic mass is 10.1. The van der Waals surface area contributed by atoms with E-state index in [1.165, 1.54) is 4.90 Å². The smallest absolute Gasteiger partial charge is 0.441 e. The van der Waals surface area contributed by atoms with Crippen LogP contribution in [-0.4, -0.2) is 65.6 Å². The molecule has 6 nitrogen and oxygen atoms in total. The number of hydrogen-bond acceptors (Lipinski definition) is 4. The summed E-state index contributed by atoms with van der Waals surface area (Å²) < 4.78 is 40.8. The SMILES string of the molecule is O=C(O)CC1COCCN1C(=O)NCCSC(F)(F)F. The number of carbonyl (C=O) groups is 2. The van der Waals surface area contributed by atoms with Crippen LogP contribution < -0.4 is 5.32 Å².